The molecule has 5 nitrogen and oxygen atoms in total. The van der Waals surface area contributed by atoms with Crippen molar-refractivity contribution in [3.05, 3.63) is 41.3 Å². The second-order valence-corrected chi connectivity index (χ2v) is 5.21. The molecule has 2 aromatic rings. The van der Waals surface area contributed by atoms with Crippen molar-refractivity contribution in [2.75, 3.05) is 0 Å². The lowest BCUT2D eigenvalue weighted by molar-refractivity contribution is 0.0692. The number of rotatable bonds is 6. The molecular formula is C14H17N3O2S. The highest BCUT2D eigenvalue weighted by molar-refractivity contribution is 7.98. The Kier molecular flexibility index (Phi) is 4.79. The number of thioether (sulfide) groups is 1. The molecule has 6 heteroatoms. The van der Waals surface area contributed by atoms with Gasteiger partial charge in [0.15, 0.2) is 0 Å². The summed E-state index contributed by atoms with van der Waals surface area (Å²) in [6.45, 7) is 4.93. The van der Waals surface area contributed by atoms with E-state index in [2.05, 4.69) is 23.1 Å². The smallest absolute Gasteiger partial charge is 0.338 e. The summed E-state index contributed by atoms with van der Waals surface area (Å²) in [6, 6.07) is 5.28. The Morgan fingerprint density at radius 2 is 2.25 bits per heavy atom. The number of hydrogen-bond acceptors (Lipinski definition) is 4. The second kappa shape index (κ2) is 6.56. The van der Waals surface area contributed by atoms with Crippen LogP contribution in [0.5, 0.6) is 0 Å². The Bertz CT molecular complexity index is 610. The lowest BCUT2D eigenvalue weighted by atomic mass is 10.3. The Balaban J connectivity index is 2.16. The van der Waals surface area contributed by atoms with Gasteiger partial charge in [-0.1, -0.05) is 18.7 Å². The first-order valence-corrected chi connectivity index (χ1v) is 7.51. The van der Waals surface area contributed by atoms with Crippen LogP contribution in [0, 0.1) is 0 Å². The standard InChI is InChI=1S/C14H17N3O2S/c1-3-10-8-11(17(4-2)16-10)9-20-13-12(14(18)19)6-5-7-15-13/h5-8H,3-4,9H2,1-2H3,(H,18,19). The predicted octanol–water partition coefficient (Wildman–Crippen LogP) is 2.85. The number of carbonyl (C=O) groups is 1. The summed E-state index contributed by atoms with van der Waals surface area (Å²) in [4.78, 5) is 15.3. The highest BCUT2D eigenvalue weighted by Crippen LogP contribution is 2.24. The zero-order valence-corrected chi connectivity index (χ0v) is 12.4. The molecule has 0 unspecified atom stereocenters. The van der Waals surface area contributed by atoms with Gasteiger partial charge in [-0.25, -0.2) is 9.78 Å². The molecule has 0 aromatic carbocycles. The maximum atomic E-state index is 11.1. The summed E-state index contributed by atoms with van der Waals surface area (Å²) in [7, 11) is 0. The molecule has 106 valence electrons. The van der Waals surface area contributed by atoms with Crippen molar-refractivity contribution in [2.24, 2.45) is 0 Å². The summed E-state index contributed by atoms with van der Waals surface area (Å²) < 4.78 is 1.95. The van der Waals surface area contributed by atoms with Crippen LogP contribution in [0.2, 0.25) is 0 Å². The molecule has 2 heterocycles. The summed E-state index contributed by atoms with van der Waals surface area (Å²) in [6.07, 6.45) is 2.51. The second-order valence-electron chi connectivity index (χ2n) is 4.25. The van der Waals surface area contributed by atoms with Gasteiger partial charge in [0.2, 0.25) is 0 Å². The van der Waals surface area contributed by atoms with Crippen LogP contribution in [0.1, 0.15) is 35.6 Å². The van der Waals surface area contributed by atoms with Gasteiger partial charge in [-0.2, -0.15) is 5.10 Å². The molecule has 2 rings (SSSR count). The largest absolute Gasteiger partial charge is 0.478 e. The van der Waals surface area contributed by atoms with Crippen molar-refractivity contribution in [3.8, 4) is 0 Å². The third-order valence-corrected chi connectivity index (χ3v) is 3.97. The molecule has 1 N–H and O–H groups in total. The van der Waals surface area contributed by atoms with Gasteiger partial charge in [0.05, 0.1) is 11.3 Å². The molecule has 0 atom stereocenters. The van der Waals surface area contributed by atoms with E-state index < -0.39 is 5.97 Å². The van der Waals surface area contributed by atoms with Crippen molar-refractivity contribution in [1.82, 2.24) is 14.8 Å². The Morgan fingerprint density at radius 3 is 2.90 bits per heavy atom. The maximum Gasteiger partial charge on any atom is 0.338 e. The first-order chi connectivity index (χ1) is 9.65. The van der Waals surface area contributed by atoms with Gasteiger partial charge >= 0.3 is 5.97 Å². The summed E-state index contributed by atoms with van der Waals surface area (Å²) >= 11 is 1.43. The van der Waals surface area contributed by atoms with Gasteiger partial charge in [0.1, 0.15) is 5.03 Å². The van der Waals surface area contributed by atoms with Crippen LogP contribution in [-0.2, 0) is 18.7 Å². The molecule has 0 aliphatic carbocycles. The number of carboxylic acid groups (broad SMARTS) is 1. The molecule has 0 bridgehead atoms. The van der Waals surface area contributed by atoms with Gasteiger partial charge < -0.3 is 5.11 Å². The predicted molar refractivity (Wildman–Crippen MR) is 78.0 cm³/mol. The summed E-state index contributed by atoms with van der Waals surface area (Å²) in [5.74, 6) is -0.281. The monoisotopic (exact) mass is 291 g/mol. The van der Waals surface area contributed by atoms with Crippen LogP contribution in [0.4, 0.5) is 0 Å². The molecule has 0 fully saturated rings. The Labute approximate surface area is 122 Å². The van der Waals surface area contributed by atoms with Crippen molar-refractivity contribution >= 4 is 17.7 Å². The minimum Gasteiger partial charge on any atom is -0.478 e. The average molecular weight is 291 g/mol. The van der Waals surface area contributed by atoms with Crippen LogP contribution < -0.4 is 0 Å². The van der Waals surface area contributed by atoms with Crippen molar-refractivity contribution in [2.45, 2.75) is 37.6 Å². The van der Waals surface area contributed by atoms with E-state index >= 15 is 0 Å². The molecule has 0 aliphatic heterocycles. The molecule has 20 heavy (non-hydrogen) atoms. The minimum atomic E-state index is -0.946. The summed E-state index contributed by atoms with van der Waals surface area (Å²) in [5.41, 5.74) is 2.40. The highest BCUT2D eigenvalue weighted by atomic mass is 32.2. The molecule has 0 saturated heterocycles. The van der Waals surface area contributed by atoms with E-state index in [0.29, 0.717) is 10.8 Å². The third-order valence-electron chi connectivity index (χ3n) is 2.93. The number of nitrogens with zero attached hydrogens (tertiary/aromatic N) is 3. The van der Waals surface area contributed by atoms with E-state index in [4.69, 9.17) is 5.11 Å². The molecule has 0 spiro atoms. The number of aromatic nitrogens is 3. The number of hydrogen-bond donors (Lipinski definition) is 1. The highest BCUT2D eigenvalue weighted by Gasteiger charge is 2.13. The molecule has 2 aromatic heterocycles. The number of aromatic carboxylic acids is 1. The molecule has 0 saturated carbocycles. The fourth-order valence-corrected chi connectivity index (χ4v) is 2.85. The Morgan fingerprint density at radius 1 is 1.45 bits per heavy atom. The zero-order valence-electron chi connectivity index (χ0n) is 11.5. The summed E-state index contributed by atoms with van der Waals surface area (Å²) in [5, 5.41) is 14.2. The molecule has 0 radical (unpaired) electrons. The van der Waals surface area contributed by atoms with Crippen LogP contribution in [0.15, 0.2) is 29.4 Å². The molecule has 0 aliphatic rings. The first kappa shape index (κ1) is 14.6. The number of carboxylic acids is 1. The normalized spacial score (nSPS) is 10.7. The van der Waals surface area contributed by atoms with Crippen LogP contribution in [0.25, 0.3) is 0 Å². The van der Waals surface area contributed by atoms with Gasteiger partial charge in [-0.05, 0) is 31.5 Å². The van der Waals surface area contributed by atoms with E-state index in [-0.39, 0.29) is 5.56 Å². The number of pyridine rings is 1. The van der Waals surface area contributed by atoms with Crippen molar-refractivity contribution < 1.29 is 9.90 Å². The van der Waals surface area contributed by atoms with E-state index in [1.54, 1.807) is 18.3 Å². The lowest BCUT2D eigenvalue weighted by Crippen LogP contribution is -2.03. The van der Waals surface area contributed by atoms with Crippen LogP contribution >= 0.6 is 11.8 Å². The van der Waals surface area contributed by atoms with Gasteiger partial charge in [0.25, 0.3) is 0 Å². The van der Waals surface area contributed by atoms with Gasteiger partial charge in [-0.3, -0.25) is 4.68 Å². The third kappa shape index (κ3) is 3.19. The maximum absolute atomic E-state index is 11.1. The lowest BCUT2D eigenvalue weighted by Gasteiger charge is -2.06. The Hall–Kier alpha value is -1.82. The quantitative estimate of drug-likeness (QED) is 0.829. The SMILES string of the molecule is CCc1cc(CSc2ncccc2C(=O)O)n(CC)n1. The van der Waals surface area contributed by atoms with Crippen molar-refractivity contribution in [1.29, 1.82) is 0 Å². The van der Waals surface area contributed by atoms with E-state index in [1.807, 2.05) is 11.6 Å². The minimum absolute atomic E-state index is 0.246. The first-order valence-electron chi connectivity index (χ1n) is 6.52. The van der Waals surface area contributed by atoms with Crippen molar-refractivity contribution in [3.63, 3.8) is 0 Å². The average Bonchev–Trinajstić information content (AvgIpc) is 2.87. The van der Waals surface area contributed by atoms with Gasteiger partial charge in [0, 0.05) is 24.2 Å². The topological polar surface area (TPSA) is 68.0 Å². The fraction of sp³-hybridized carbons (Fsp3) is 0.357. The van der Waals surface area contributed by atoms with E-state index in [9.17, 15) is 4.79 Å². The zero-order chi connectivity index (χ0) is 14.5. The van der Waals surface area contributed by atoms with Gasteiger partial charge in [-0.15, -0.1) is 0 Å². The van der Waals surface area contributed by atoms with Crippen LogP contribution in [-0.4, -0.2) is 25.8 Å². The van der Waals surface area contributed by atoms with E-state index in [0.717, 1.165) is 24.4 Å². The molecule has 0 amide bonds. The van der Waals surface area contributed by atoms with Crippen LogP contribution in [0.3, 0.4) is 0 Å². The fourth-order valence-electron chi connectivity index (χ4n) is 1.89. The van der Waals surface area contributed by atoms with E-state index in [1.165, 1.54) is 11.8 Å². The molecular weight excluding hydrogens is 274 g/mol. The number of aryl methyl sites for hydroxylation is 2.